The average molecular weight is 368 g/mol. The van der Waals surface area contributed by atoms with Crippen LogP contribution < -0.4 is 0 Å². The summed E-state index contributed by atoms with van der Waals surface area (Å²) in [7, 11) is 0. The van der Waals surface area contributed by atoms with Crippen molar-refractivity contribution in [2.24, 2.45) is 5.92 Å². The van der Waals surface area contributed by atoms with Gasteiger partial charge < -0.3 is 9.64 Å². The summed E-state index contributed by atoms with van der Waals surface area (Å²) in [5.41, 5.74) is 2.20. The van der Waals surface area contributed by atoms with E-state index in [1.807, 2.05) is 35.4 Å². The van der Waals surface area contributed by atoms with Crippen molar-refractivity contribution in [3.05, 3.63) is 60.2 Å². The van der Waals surface area contributed by atoms with Crippen LogP contribution in [0.1, 0.15) is 25.0 Å². The number of carbonyl (C=O) groups excluding carboxylic acids is 1. The molecule has 0 aliphatic carbocycles. The number of carbonyl (C=O) groups is 1. The van der Waals surface area contributed by atoms with Crippen LogP contribution >= 0.6 is 0 Å². The monoisotopic (exact) mass is 368 g/mol. The second-order valence-electron chi connectivity index (χ2n) is 7.51. The average Bonchev–Trinajstić information content (AvgIpc) is 2.80. The van der Waals surface area contributed by atoms with Gasteiger partial charge in [0, 0.05) is 51.0 Å². The van der Waals surface area contributed by atoms with Crippen LogP contribution in [0.3, 0.4) is 0 Å². The van der Waals surface area contributed by atoms with Crippen molar-refractivity contribution in [3.63, 3.8) is 0 Å². The minimum atomic E-state index is -0.0277. The zero-order valence-corrected chi connectivity index (χ0v) is 16.1. The van der Waals surface area contributed by atoms with Crippen LogP contribution in [0.15, 0.2) is 49.1 Å². The maximum atomic E-state index is 12.8. The maximum Gasteiger partial charge on any atom is 0.236 e. The molecule has 1 saturated heterocycles. The molecule has 0 aromatic carbocycles. The molecule has 6 nitrogen and oxygen atoms in total. The zero-order valence-electron chi connectivity index (χ0n) is 16.1. The fourth-order valence-corrected chi connectivity index (χ4v) is 3.34. The lowest BCUT2D eigenvalue weighted by atomic mass is 10.2. The summed E-state index contributed by atoms with van der Waals surface area (Å²) in [6, 6.07) is 7.89. The molecule has 2 aromatic rings. The molecule has 1 unspecified atom stereocenters. The molecule has 0 radical (unpaired) electrons. The standard InChI is InChI=1S/C21H28N4O2/c1-17(2)11-25-14-20(27-16-18-5-8-22-9-6-18)13-24(15-21(25)26)12-19-4-3-7-23-10-19/h3-10,17,20H,11-16H2,1-2H3. The van der Waals surface area contributed by atoms with Crippen LogP contribution in [-0.2, 0) is 22.7 Å². The highest BCUT2D eigenvalue weighted by atomic mass is 16.5. The molecular weight excluding hydrogens is 340 g/mol. The number of pyridine rings is 2. The van der Waals surface area contributed by atoms with Gasteiger partial charge in [-0.2, -0.15) is 0 Å². The Labute approximate surface area is 161 Å². The summed E-state index contributed by atoms with van der Waals surface area (Å²) >= 11 is 0. The van der Waals surface area contributed by atoms with Crippen LogP contribution in [0.5, 0.6) is 0 Å². The molecule has 1 fully saturated rings. The Morgan fingerprint density at radius 1 is 1.11 bits per heavy atom. The summed E-state index contributed by atoms with van der Waals surface area (Å²) < 4.78 is 6.20. The fraction of sp³-hybridized carbons (Fsp3) is 0.476. The topological polar surface area (TPSA) is 58.6 Å². The van der Waals surface area contributed by atoms with Gasteiger partial charge in [-0.15, -0.1) is 0 Å². The maximum absolute atomic E-state index is 12.8. The SMILES string of the molecule is CC(C)CN1CC(OCc2ccncc2)CN(Cc2cccnc2)CC1=O. The third-order valence-corrected chi connectivity index (χ3v) is 4.55. The first-order valence-corrected chi connectivity index (χ1v) is 9.49. The second-order valence-corrected chi connectivity index (χ2v) is 7.51. The van der Waals surface area contributed by atoms with Gasteiger partial charge in [0.15, 0.2) is 0 Å². The third-order valence-electron chi connectivity index (χ3n) is 4.55. The predicted molar refractivity (Wildman–Crippen MR) is 104 cm³/mol. The largest absolute Gasteiger partial charge is 0.370 e. The van der Waals surface area contributed by atoms with Gasteiger partial charge in [0.1, 0.15) is 0 Å². The van der Waals surface area contributed by atoms with E-state index in [-0.39, 0.29) is 12.0 Å². The van der Waals surface area contributed by atoms with Crippen molar-refractivity contribution in [3.8, 4) is 0 Å². The molecule has 0 spiro atoms. The minimum absolute atomic E-state index is 0.0277. The number of aromatic nitrogens is 2. The van der Waals surface area contributed by atoms with E-state index >= 15 is 0 Å². The number of nitrogens with zero attached hydrogens (tertiary/aromatic N) is 4. The molecule has 1 aliphatic rings. The Morgan fingerprint density at radius 3 is 2.63 bits per heavy atom. The molecule has 27 heavy (non-hydrogen) atoms. The number of hydrogen-bond donors (Lipinski definition) is 0. The van der Waals surface area contributed by atoms with E-state index in [0.717, 1.165) is 24.2 Å². The highest BCUT2D eigenvalue weighted by Crippen LogP contribution is 2.14. The molecule has 1 amide bonds. The van der Waals surface area contributed by atoms with Crippen molar-refractivity contribution in [2.45, 2.75) is 33.1 Å². The Bertz CT molecular complexity index is 709. The number of amides is 1. The molecule has 3 heterocycles. The molecule has 6 heteroatoms. The Balaban J connectivity index is 1.69. The van der Waals surface area contributed by atoms with E-state index in [1.165, 1.54) is 0 Å². The fourth-order valence-electron chi connectivity index (χ4n) is 3.34. The zero-order chi connectivity index (χ0) is 19.1. The van der Waals surface area contributed by atoms with Gasteiger partial charge in [-0.25, -0.2) is 0 Å². The molecule has 0 saturated carbocycles. The van der Waals surface area contributed by atoms with E-state index < -0.39 is 0 Å². The number of rotatable bonds is 7. The summed E-state index contributed by atoms with van der Waals surface area (Å²) in [6.07, 6.45) is 7.14. The van der Waals surface area contributed by atoms with E-state index in [9.17, 15) is 4.79 Å². The summed E-state index contributed by atoms with van der Waals surface area (Å²) in [5, 5.41) is 0. The Kier molecular flexibility index (Phi) is 6.90. The van der Waals surface area contributed by atoms with Crippen LogP contribution in [0.25, 0.3) is 0 Å². The van der Waals surface area contributed by atoms with Crippen LogP contribution in [0.2, 0.25) is 0 Å². The van der Waals surface area contributed by atoms with Crippen molar-refractivity contribution in [2.75, 3.05) is 26.2 Å². The molecule has 1 atom stereocenters. The van der Waals surface area contributed by atoms with E-state index in [4.69, 9.17) is 4.74 Å². The van der Waals surface area contributed by atoms with Crippen LogP contribution in [0, 0.1) is 5.92 Å². The summed E-state index contributed by atoms with van der Waals surface area (Å²) in [5.74, 6) is 0.599. The number of ether oxygens (including phenoxy) is 1. The van der Waals surface area contributed by atoms with Gasteiger partial charge in [-0.1, -0.05) is 19.9 Å². The van der Waals surface area contributed by atoms with Crippen molar-refractivity contribution >= 4 is 5.91 Å². The van der Waals surface area contributed by atoms with Gasteiger partial charge in [0.2, 0.25) is 5.91 Å². The van der Waals surface area contributed by atoms with Crippen molar-refractivity contribution in [1.82, 2.24) is 19.8 Å². The van der Waals surface area contributed by atoms with Gasteiger partial charge >= 0.3 is 0 Å². The molecule has 0 bridgehead atoms. The molecule has 3 rings (SSSR count). The molecule has 1 aliphatic heterocycles. The minimum Gasteiger partial charge on any atom is -0.370 e. The highest BCUT2D eigenvalue weighted by Gasteiger charge is 2.28. The van der Waals surface area contributed by atoms with Crippen LogP contribution in [-0.4, -0.2) is 58.0 Å². The van der Waals surface area contributed by atoms with Crippen molar-refractivity contribution < 1.29 is 9.53 Å². The second kappa shape index (κ2) is 9.58. The predicted octanol–water partition coefficient (Wildman–Crippen LogP) is 2.36. The van der Waals surface area contributed by atoms with Crippen molar-refractivity contribution in [1.29, 1.82) is 0 Å². The lowest BCUT2D eigenvalue weighted by Crippen LogP contribution is -2.40. The lowest BCUT2D eigenvalue weighted by molar-refractivity contribution is -0.132. The number of hydrogen-bond acceptors (Lipinski definition) is 5. The van der Waals surface area contributed by atoms with Gasteiger partial charge in [-0.05, 0) is 35.2 Å². The van der Waals surface area contributed by atoms with Gasteiger partial charge in [0.25, 0.3) is 0 Å². The summed E-state index contributed by atoms with van der Waals surface area (Å²) in [6.45, 7) is 8.02. The lowest BCUT2D eigenvalue weighted by Gasteiger charge is -2.26. The Hall–Kier alpha value is -2.31. The van der Waals surface area contributed by atoms with Gasteiger partial charge in [0.05, 0.1) is 19.3 Å². The smallest absolute Gasteiger partial charge is 0.236 e. The van der Waals surface area contributed by atoms with E-state index in [0.29, 0.717) is 32.2 Å². The molecular formula is C21H28N4O2. The van der Waals surface area contributed by atoms with E-state index in [2.05, 4.69) is 28.7 Å². The molecule has 0 N–H and O–H groups in total. The van der Waals surface area contributed by atoms with E-state index in [1.54, 1.807) is 18.6 Å². The van der Waals surface area contributed by atoms with Crippen LogP contribution in [0.4, 0.5) is 0 Å². The molecule has 144 valence electrons. The third kappa shape index (κ3) is 6.12. The quantitative estimate of drug-likeness (QED) is 0.751. The highest BCUT2D eigenvalue weighted by molar-refractivity contribution is 5.78. The first kappa shape index (κ1) is 19.5. The van der Waals surface area contributed by atoms with Gasteiger partial charge in [-0.3, -0.25) is 19.7 Å². The first-order valence-electron chi connectivity index (χ1n) is 9.49. The molecule has 2 aromatic heterocycles. The normalized spacial score (nSPS) is 18.7. The first-order chi connectivity index (χ1) is 13.1. The summed E-state index contributed by atoms with van der Waals surface area (Å²) in [4.78, 5) is 25.1. The Morgan fingerprint density at radius 2 is 1.93 bits per heavy atom.